The molecule has 0 radical (unpaired) electrons. The number of aromatic nitrogens is 2. The zero-order valence-corrected chi connectivity index (χ0v) is 18.1. The molecule has 2 bridgehead atoms. The summed E-state index contributed by atoms with van der Waals surface area (Å²) in [5, 5.41) is 7.81. The Kier molecular flexibility index (Phi) is 5.14. The lowest BCUT2D eigenvalue weighted by Crippen LogP contribution is -2.65. The maximum atomic E-state index is 13.6. The first-order valence-electron chi connectivity index (χ1n) is 10.7. The van der Waals surface area contributed by atoms with Crippen molar-refractivity contribution in [2.75, 3.05) is 6.61 Å². The number of ether oxygens (including phenoxy) is 2. The molecule has 178 valence electrons. The van der Waals surface area contributed by atoms with Gasteiger partial charge in [0.1, 0.15) is 23.9 Å². The minimum atomic E-state index is -4.49. The lowest BCUT2D eigenvalue weighted by Gasteiger charge is -2.68. The normalized spacial score (nSPS) is 23.1. The van der Waals surface area contributed by atoms with Crippen LogP contribution < -0.4 is 9.47 Å². The molecule has 0 unspecified atom stereocenters. The summed E-state index contributed by atoms with van der Waals surface area (Å²) < 4.78 is 68.5. The zero-order valence-electron chi connectivity index (χ0n) is 18.1. The van der Waals surface area contributed by atoms with Crippen LogP contribution in [0.2, 0.25) is 0 Å². The molecule has 3 aliphatic carbocycles. The van der Waals surface area contributed by atoms with Gasteiger partial charge in [-0.05, 0) is 61.4 Å². The van der Waals surface area contributed by atoms with Crippen molar-refractivity contribution in [3.8, 4) is 17.6 Å². The van der Waals surface area contributed by atoms with Gasteiger partial charge in [0.2, 0.25) is 5.89 Å². The summed E-state index contributed by atoms with van der Waals surface area (Å²) in [6.07, 6.45) is -2.31. The van der Waals surface area contributed by atoms with Crippen LogP contribution in [0.15, 0.2) is 46.9 Å². The number of carbonyl (C=O) groups is 1. The SMILES string of the molecule is Cc1ccc(OCC(=O)CC23CC(c4nnc(Oc5cccc(C(F)(F)F)c5)o4)(C2)C3)cc1F. The third-order valence-electron chi connectivity index (χ3n) is 6.48. The highest BCUT2D eigenvalue weighted by molar-refractivity contribution is 5.81. The lowest BCUT2D eigenvalue weighted by molar-refractivity contribution is -0.168. The van der Waals surface area contributed by atoms with Gasteiger partial charge in [0.25, 0.3) is 0 Å². The number of hydrogen-bond donors (Lipinski definition) is 0. The van der Waals surface area contributed by atoms with Gasteiger partial charge in [-0.1, -0.05) is 17.2 Å². The van der Waals surface area contributed by atoms with Gasteiger partial charge in [-0.25, -0.2) is 4.39 Å². The van der Waals surface area contributed by atoms with E-state index in [1.54, 1.807) is 19.1 Å². The Balaban J connectivity index is 1.14. The third kappa shape index (κ3) is 4.12. The molecular weight excluding hydrogens is 456 g/mol. The van der Waals surface area contributed by atoms with Crippen LogP contribution >= 0.6 is 0 Å². The van der Waals surface area contributed by atoms with Gasteiger partial charge in [0.05, 0.1) is 11.0 Å². The molecule has 0 amide bonds. The second-order valence-corrected chi connectivity index (χ2v) is 9.23. The number of halogens is 4. The summed E-state index contributed by atoms with van der Waals surface area (Å²) in [7, 11) is 0. The topological polar surface area (TPSA) is 74.5 Å². The predicted molar refractivity (Wildman–Crippen MR) is 110 cm³/mol. The molecular formula is C24H20F4N2O4. The Morgan fingerprint density at radius 1 is 1.09 bits per heavy atom. The van der Waals surface area contributed by atoms with Gasteiger partial charge in [-0.15, -0.1) is 5.10 Å². The van der Waals surface area contributed by atoms with E-state index in [1.165, 1.54) is 18.2 Å². The number of aryl methyl sites for hydroxylation is 1. The number of hydrogen-bond acceptors (Lipinski definition) is 6. The second kappa shape index (κ2) is 7.82. The van der Waals surface area contributed by atoms with Crippen molar-refractivity contribution in [2.24, 2.45) is 5.41 Å². The smallest absolute Gasteiger partial charge is 0.420 e. The molecule has 0 saturated heterocycles. The fourth-order valence-corrected chi connectivity index (χ4v) is 5.01. The van der Waals surface area contributed by atoms with Crippen LogP contribution in [0.5, 0.6) is 17.6 Å². The molecule has 6 rings (SSSR count). The Bertz CT molecular complexity index is 1230. The molecule has 10 heteroatoms. The average molecular weight is 476 g/mol. The van der Waals surface area contributed by atoms with E-state index in [1.807, 2.05) is 0 Å². The molecule has 3 aliphatic rings. The fourth-order valence-electron chi connectivity index (χ4n) is 5.01. The van der Waals surface area contributed by atoms with Gasteiger partial charge in [-0.3, -0.25) is 4.79 Å². The Morgan fingerprint density at radius 3 is 2.56 bits per heavy atom. The maximum absolute atomic E-state index is 13.6. The van der Waals surface area contributed by atoms with Crippen molar-refractivity contribution in [3.05, 3.63) is 65.3 Å². The number of rotatable bonds is 8. The molecule has 0 aliphatic heterocycles. The minimum absolute atomic E-state index is 0.0573. The van der Waals surface area contributed by atoms with Crippen LogP contribution in [-0.4, -0.2) is 22.6 Å². The zero-order chi connectivity index (χ0) is 24.1. The van der Waals surface area contributed by atoms with E-state index in [9.17, 15) is 22.4 Å². The van der Waals surface area contributed by atoms with Crippen molar-refractivity contribution in [1.29, 1.82) is 0 Å². The van der Waals surface area contributed by atoms with Crippen molar-refractivity contribution in [1.82, 2.24) is 10.2 Å². The molecule has 34 heavy (non-hydrogen) atoms. The molecule has 3 aromatic rings. The van der Waals surface area contributed by atoms with Gasteiger partial charge in [0.15, 0.2) is 5.78 Å². The number of alkyl halides is 3. The van der Waals surface area contributed by atoms with Crippen LogP contribution in [0, 0.1) is 18.2 Å². The molecule has 1 aromatic heterocycles. The predicted octanol–water partition coefficient (Wildman–Crippen LogP) is 5.79. The summed E-state index contributed by atoms with van der Waals surface area (Å²) in [4.78, 5) is 12.4. The molecule has 2 aromatic carbocycles. The minimum Gasteiger partial charge on any atom is -0.486 e. The third-order valence-corrected chi connectivity index (χ3v) is 6.48. The molecule has 1 heterocycles. The largest absolute Gasteiger partial charge is 0.486 e. The first-order chi connectivity index (χ1) is 16.1. The monoisotopic (exact) mass is 476 g/mol. The van der Waals surface area contributed by atoms with E-state index in [2.05, 4.69) is 10.2 Å². The van der Waals surface area contributed by atoms with E-state index in [0.717, 1.165) is 12.1 Å². The van der Waals surface area contributed by atoms with Crippen LogP contribution in [0.25, 0.3) is 0 Å². The summed E-state index contributed by atoms with van der Waals surface area (Å²) in [6.45, 7) is 1.51. The Morgan fingerprint density at radius 2 is 1.85 bits per heavy atom. The Hall–Kier alpha value is -3.43. The number of Topliss-reactive ketones (excluding diaryl/α,β-unsaturated/α-hetero) is 1. The molecule has 3 saturated carbocycles. The van der Waals surface area contributed by atoms with E-state index in [0.29, 0.717) is 42.9 Å². The molecule has 3 fully saturated rings. The van der Waals surface area contributed by atoms with E-state index < -0.39 is 11.7 Å². The highest BCUT2D eigenvalue weighted by Gasteiger charge is 2.71. The van der Waals surface area contributed by atoms with Crippen molar-refractivity contribution >= 4 is 5.78 Å². The van der Waals surface area contributed by atoms with Gasteiger partial charge in [-0.2, -0.15) is 13.2 Å². The highest BCUT2D eigenvalue weighted by atomic mass is 19.4. The summed E-state index contributed by atoms with van der Waals surface area (Å²) in [5.74, 6) is 0.147. The number of ketones is 1. The Labute approximate surface area is 191 Å². The fraction of sp³-hybridized carbons (Fsp3) is 0.375. The van der Waals surface area contributed by atoms with Crippen LogP contribution in [0.1, 0.15) is 42.7 Å². The van der Waals surface area contributed by atoms with E-state index in [4.69, 9.17) is 13.9 Å². The van der Waals surface area contributed by atoms with Crippen molar-refractivity contribution in [3.63, 3.8) is 0 Å². The summed E-state index contributed by atoms with van der Waals surface area (Å²) in [5.41, 5.74) is -0.811. The molecule has 6 nitrogen and oxygen atoms in total. The average Bonchev–Trinajstić information content (AvgIpc) is 3.18. The van der Waals surface area contributed by atoms with Gasteiger partial charge in [0, 0.05) is 12.5 Å². The van der Waals surface area contributed by atoms with Crippen molar-refractivity contribution < 1.29 is 36.2 Å². The van der Waals surface area contributed by atoms with Crippen LogP contribution in [0.3, 0.4) is 0 Å². The van der Waals surface area contributed by atoms with E-state index in [-0.39, 0.29) is 40.9 Å². The van der Waals surface area contributed by atoms with Crippen molar-refractivity contribution in [2.45, 2.75) is 44.2 Å². The standard InChI is InChI=1S/C24H20F4N2O4/c1-14-5-6-17(8-19(14)25)32-10-16(31)9-22-11-23(12-22,13-22)20-29-30-21(34-20)33-18-4-2-3-15(7-18)24(26,27)28/h2-8H,9-13H2,1H3. The van der Waals surface area contributed by atoms with Gasteiger partial charge < -0.3 is 13.9 Å². The maximum Gasteiger partial charge on any atom is 0.420 e. The van der Waals surface area contributed by atoms with Crippen LogP contribution in [0.4, 0.5) is 17.6 Å². The summed E-state index contributed by atoms with van der Waals surface area (Å²) in [6, 6.07) is 8.88. The first-order valence-corrected chi connectivity index (χ1v) is 10.7. The summed E-state index contributed by atoms with van der Waals surface area (Å²) >= 11 is 0. The second-order valence-electron chi connectivity index (χ2n) is 9.23. The molecule has 0 N–H and O–H groups in total. The quantitative estimate of drug-likeness (QED) is 0.383. The number of carbonyl (C=O) groups excluding carboxylic acids is 1. The number of nitrogens with zero attached hydrogens (tertiary/aromatic N) is 2. The lowest BCUT2D eigenvalue weighted by atomic mass is 9.34. The van der Waals surface area contributed by atoms with Crippen LogP contribution in [-0.2, 0) is 16.4 Å². The first kappa shape index (κ1) is 22.4. The molecule has 0 atom stereocenters. The van der Waals surface area contributed by atoms with E-state index >= 15 is 0 Å². The highest BCUT2D eigenvalue weighted by Crippen LogP contribution is 2.74. The molecule has 0 spiro atoms. The van der Waals surface area contributed by atoms with Gasteiger partial charge >= 0.3 is 12.3 Å². The number of benzene rings is 2.